The summed E-state index contributed by atoms with van der Waals surface area (Å²) >= 11 is 0. The van der Waals surface area contributed by atoms with Crippen LogP contribution in [-0.2, 0) is 9.47 Å². The van der Waals surface area contributed by atoms with Gasteiger partial charge in [0.15, 0.2) is 17.8 Å². The molecule has 0 amide bonds. The van der Waals surface area contributed by atoms with E-state index in [0.717, 1.165) is 69.2 Å². The Hall–Kier alpha value is -4.39. The van der Waals surface area contributed by atoms with E-state index in [-0.39, 0.29) is 6.29 Å². The van der Waals surface area contributed by atoms with Crippen molar-refractivity contribution < 1.29 is 9.47 Å². The van der Waals surface area contributed by atoms with Crippen LogP contribution in [0.15, 0.2) is 36.9 Å². The van der Waals surface area contributed by atoms with E-state index in [0.29, 0.717) is 40.2 Å². The standard InChI is InChI=1S/C30H34N10O2/c1-20(14-31)36-25-13-28(40-30-24(17-35-40)12-22(15-32)16-34-30)33-18-27(25)39-19-26(37-38-39)23-7-5-21(6-8-23)9-11-42-29-4-2-3-10-41-29/h12-13,16-21,23,29H,2-11H2,1H3,(H,33,36)/t20-,21?,23?,29-/m1/s1. The van der Waals surface area contributed by atoms with Gasteiger partial charge in [0.2, 0.25) is 0 Å². The van der Waals surface area contributed by atoms with E-state index in [1.54, 1.807) is 34.7 Å². The molecule has 0 unspecified atom stereocenters. The van der Waals surface area contributed by atoms with Crippen LogP contribution in [0.25, 0.3) is 22.5 Å². The molecule has 216 valence electrons. The average Bonchev–Trinajstić information content (AvgIpc) is 3.69. The summed E-state index contributed by atoms with van der Waals surface area (Å²) in [7, 11) is 0. The van der Waals surface area contributed by atoms with Gasteiger partial charge in [0.1, 0.15) is 17.8 Å². The highest BCUT2D eigenvalue weighted by atomic mass is 16.7. The van der Waals surface area contributed by atoms with Crippen LogP contribution >= 0.6 is 0 Å². The number of hydrogen-bond donors (Lipinski definition) is 1. The van der Waals surface area contributed by atoms with E-state index >= 15 is 0 Å². The van der Waals surface area contributed by atoms with Gasteiger partial charge in [0.05, 0.1) is 41.6 Å². The molecule has 0 bridgehead atoms. The van der Waals surface area contributed by atoms with E-state index < -0.39 is 6.04 Å². The molecule has 1 saturated heterocycles. The molecule has 0 aromatic carbocycles. The largest absolute Gasteiger partial charge is 0.368 e. The molecule has 1 aliphatic heterocycles. The fourth-order valence-electron chi connectivity index (χ4n) is 5.80. The minimum absolute atomic E-state index is 0.0163. The molecule has 2 fully saturated rings. The van der Waals surface area contributed by atoms with Crippen LogP contribution in [0.1, 0.15) is 75.5 Å². The Morgan fingerprint density at radius 2 is 1.98 bits per heavy atom. The Labute approximate surface area is 244 Å². The molecule has 4 aromatic rings. The zero-order valence-corrected chi connectivity index (χ0v) is 23.7. The van der Waals surface area contributed by atoms with Crippen molar-refractivity contribution in [3.05, 3.63) is 48.2 Å². The Bertz CT molecular complexity index is 1600. The second kappa shape index (κ2) is 12.6. The Morgan fingerprint density at radius 1 is 1.10 bits per heavy atom. The van der Waals surface area contributed by atoms with Crippen LogP contribution < -0.4 is 5.32 Å². The van der Waals surface area contributed by atoms with Crippen molar-refractivity contribution in [1.29, 1.82) is 10.5 Å². The predicted molar refractivity (Wildman–Crippen MR) is 154 cm³/mol. The number of anilines is 1. The number of pyridine rings is 2. The summed E-state index contributed by atoms with van der Waals surface area (Å²) in [5.74, 6) is 1.55. The molecule has 0 radical (unpaired) electrons. The van der Waals surface area contributed by atoms with E-state index in [1.807, 2.05) is 12.3 Å². The molecule has 4 aromatic heterocycles. The van der Waals surface area contributed by atoms with Crippen molar-refractivity contribution >= 4 is 16.7 Å². The van der Waals surface area contributed by atoms with Crippen LogP contribution in [-0.4, -0.2) is 60.3 Å². The SMILES string of the molecule is C[C@H](C#N)Nc1cc(-n2ncc3cc(C#N)cnc32)ncc1-n1cc(C2CCC(CCO[C@@H]3CCCCO3)CC2)nn1. The highest BCUT2D eigenvalue weighted by Gasteiger charge is 2.26. The Kier molecular flexibility index (Phi) is 8.35. The Balaban J connectivity index is 1.15. The second-order valence-corrected chi connectivity index (χ2v) is 11.1. The minimum atomic E-state index is -0.448. The molecule has 6 rings (SSSR count). The molecular weight excluding hydrogens is 532 g/mol. The fraction of sp³-hybridized carbons (Fsp3) is 0.500. The third-order valence-electron chi connectivity index (χ3n) is 8.18. The molecule has 1 N–H and O–H groups in total. The van der Waals surface area contributed by atoms with Gasteiger partial charge in [-0.05, 0) is 70.3 Å². The molecule has 42 heavy (non-hydrogen) atoms. The van der Waals surface area contributed by atoms with Gasteiger partial charge in [0.25, 0.3) is 0 Å². The number of rotatable bonds is 9. The maximum Gasteiger partial charge on any atom is 0.164 e. The van der Waals surface area contributed by atoms with Gasteiger partial charge < -0.3 is 14.8 Å². The maximum atomic E-state index is 9.49. The number of ether oxygens (including phenoxy) is 2. The normalized spacial score (nSPS) is 21.5. The highest BCUT2D eigenvalue weighted by molar-refractivity contribution is 5.77. The smallest absolute Gasteiger partial charge is 0.164 e. The van der Waals surface area contributed by atoms with Crippen LogP contribution in [0.2, 0.25) is 0 Å². The summed E-state index contributed by atoms with van der Waals surface area (Å²) in [6.07, 6.45) is 15.7. The van der Waals surface area contributed by atoms with Crippen LogP contribution in [0.4, 0.5) is 5.69 Å². The van der Waals surface area contributed by atoms with Crippen molar-refractivity contribution in [2.24, 2.45) is 5.92 Å². The van der Waals surface area contributed by atoms with Gasteiger partial charge in [-0.1, -0.05) is 5.21 Å². The third-order valence-corrected chi connectivity index (χ3v) is 8.18. The van der Waals surface area contributed by atoms with Gasteiger partial charge in [-0.15, -0.1) is 5.10 Å². The molecule has 0 spiro atoms. The quantitative estimate of drug-likeness (QED) is 0.299. The molecule has 1 aliphatic carbocycles. The lowest BCUT2D eigenvalue weighted by atomic mass is 9.79. The third kappa shape index (κ3) is 6.10. The average molecular weight is 567 g/mol. The summed E-state index contributed by atoms with van der Waals surface area (Å²) in [6, 6.07) is 7.43. The zero-order valence-electron chi connectivity index (χ0n) is 23.7. The first-order chi connectivity index (χ1) is 20.6. The fourth-order valence-corrected chi connectivity index (χ4v) is 5.80. The van der Waals surface area contributed by atoms with Crippen molar-refractivity contribution in [1.82, 2.24) is 34.7 Å². The first-order valence-electron chi connectivity index (χ1n) is 14.7. The van der Waals surface area contributed by atoms with Gasteiger partial charge in [-0.25, -0.2) is 14.6 Å². The number of nitriles is 2. The number of nitrogens with one attached hydrogen (secondary N) is 1. The molecule has 5 heterocycles. The van der Waals surface area contributed by atoms with Crippen LogP contribution in [0.3, 0.4) is 0 Å². The van der Waals surface area contributed by atoms with Gasteiger partial charge in [-0.3, -0.25) is 0 Å². The first-order valence-corrected chi connectivity index (χ1v) is 14.7. The molecule has 2 aliphatic rings. The Morgan fingerprint density at radius 3 is 2.76 bits per heavy atom. The van der Waals surface area contributed by atoms with E-state index in [1.165, 1.54) is 12.6 Å². The number of aromatic nitrogens is 7. The molecule has 2 atom stereocenters. The topological polar surface area (TPSA) is 152 Å². The van der Waals surface area contributed by atoms with Crippen molar-refractivity contribution in [3.63, 3.8) is 0 Å². The van der Waals surface area contributed by atoms with Crippen molar-refractivity contribution in [2.45, 2.75) is 76.5 Å². The summed E-state index contributed by atoms with van der Waals surface area (Å²) in [5, 5.41) is 36.1. The van der Waals surface area contributed by atoms with Gasteiger partial charge >= 0.3 is 0 Å². The first kappa shape index (κ1) is 27.8. The second-order valence-electron chi connectivity index (χ2n) is 11.1. The van der Waals surface area contributed by atoms with Crippen molar-refractivity contribution in [3.8, 4) is 23.6 Å². The van der Waals surface area contributed by atoms with Crippen LogP contribution in [0, 0.1) is 28.6 Å². The van der Waals surface area contributed by atoms with Crippen molar-refractivity contribution in [2.75, 3.05) is 18.5 Å². The van der Waals surface area contributed by atoms with E-state index in [2.05, 4.69) is 42.8 Å². The number of fused-ring (bicyclic) bond motifs is 1. The molecule has 1 saturated carbocycles. The monoisotopic (exact) mass is 566 g/mol. The summed E-state index contributed by atoms with van der Waals surface area (Å²) in [4.78, 5) is 9.04. The lowest BCUT2D eigenvalue weighted by Gasteiger charge is -2.28. The summed E-state index contributed by atoms with van der Waals surface area (Å²) in [5.41, 5.74) is 3.38. The lowest BCUT2D eigenvalue weighted by molar-refractivity contribution is -0.164. The predicted octanol–water partition coefficient (Wildman–Crippen LogP) is 4.80. The van der Waals surface area contributed by atoms with E-state index in [9.17, 15) is 10.5 Å². The van der Waals surface area contributed by atoms with Gasteiger partial charge in [-0.2, -0.15) is 20.3 Å². The summed E-state index contributed by atoms with van der Waals surface area (Å²) in [6.45, 7) is 3.37. The molecule has 12 nitrogen and oxygen atoms in total. The highest BCUT2D eigenvalue weighted by Crippen LogP contribution is 2.37. The number of hydrogen-bond acceptors (Lipinski definition) is 10. The zero-order chi connectivity index (χ0) is 28.9. The summed E-state index contributed by atoms with van der Waals surface area (Å²) < 4.78 is 15.0. The van der Waals surface area contributed by atoms with Crippen LogP contribution in [0.5, 0.6) is 0 Å². The maximum absolute atomic E-state index is 9.49. The molecule has 12 heteroatoms. The van der Waals surface area contributed by atoms with E-state index in [4.69, 9.17) is 9.47 Å². The lowest BCUT2D eigenvalue weighted by Crippen LogP contribution is -2.24. The minimum Gasteiger partial charge on any atom is -0.368 e. The number of nitrogens with zero attached hydrogens (tertiary/aromatic N) is 9. The van der Waals surface area contributed by atoms with Gasteiger partial charge in [0, 0.05) is 36.8 Å². The molecular formula is C30H34N10O2.